The predicted octanol–water partition coefficient (Wildman–Crippen LogP) is 2.11. The van der Waals surface area contributed by atoms with E-state index in [0.29, 0.717) is 0 Å². The molecule has 1 aliphatic rings. The van der Waals surface area contributed by atoms with Crippen molar-refractivity contribution in [2.75, 3.05) is 19.6 Å². The standard InChI is InChI=1S/C18H21N3O/c1-2-21-11-10-20-17(18(21)22)12-14-5-7-15(8-6-14)16-4-3-9-19-13-16/h3-9,13,17,20H,2,10-12H2,1H3/t17-/m1/s1. The molecule has 4 nitrogen and oxygen atoms in total. The Labute approximate surface area is 131 Å². The van der Waals surface area contributed by atoms with E-state index in [2.05, 4.69) is 34.6 Å². The molecule has 0 aliphatic carbocycles. The summed E-state index contributed by atoms with van der Waals surface area (Å²) >= 11 is 0. The van der Waals surface area contributed by atoms with Gasteiger partial charge in [0.15, 0.2) is 0 Å². The number of piperazine rings is 1. The van der Waals surface area contributed by atoms with E-state index >= 15 is 0 Å². The Bertz CT molecular complexity index is 625. The number of benzene rings is 1. The molecule has 1 aromatic heterocycles. The summed E-state index contributed by atoms with van der Waals surface area (Å²) in [6, 6.07) is 12.3. The van der Waals surface area contributed by atoms with Crippen molar-refractivity contribution in [3.8, 4) is 11.1 Å². The molecule has 0 bridgehead atoms. The number of rotatable bonds is 4. The maximum Gasteiger partial charge on any atom is 0.240 e. The Hall–Kier alpha value is -2.20. The molecule has 3 rings (SSSR count). The zero-order chi connectivity index (χ0) is 15.4. The third kappa shape index (κ3) is 3.17. The van der Waals surface area contributed by atoms with Crippen LogP contribution >= 0.6 is 0 Å². The monoisotopic (exact) mass is 295 g/mol. The van der Waals surface area contributed by atoms with E-state index in [-0.39, 0.29) is 11.9 Å². The van der Waals surface area contributed by atoms with Gasteiger partial charge in [-0.25, -0.2) is 0 Å². The highest BCUT2D eigenvalue weighted by molar-refractivity contribution is 5.83. The number of hydrogen-bond donors (Lipinski definition) is 1. The van der Waals surface area contributed by atoms with Gasteiger partial charge < -0.3 is 10.2 Å². The van der Waals surface area contributed by atoms with Crippen molar-refractivity contribution in [2.45, 2.75) is 19.4 Å². The van der Waals surface area contributed by atoms with Crippen molar-refractivity contribution in [3.63, 3.8) is 0 Å². The van der Waals surface area contributed by atoms with Crippen molar-refractivity contribution < 1.29 is 4.79 Å². The van der Waals surface area contributed by atoms with Gasteiger partial charge in [-0.1, -0.05) is 30.3 Å². The van der Waals surface area contributed by atoms with Crippen LogP contribution in [0.25, 0.3) is 11.1 Å². The van der Waals surface area contributed by atoms with Crippen molar-refractivity contribution >= 4 is 5.91 Å². The highest BCUT2D eigenvalue weighted by atomic mass is 16.2. The van der Waals surface area contributed by atoms with E-state index in [1.165, 1.54) is 5.56 Å². The van der Waals surface area contributed by atoms with E-state index < -0.39 is 0 Å². The third-order valence-electron chi connectivity index (χ3n) is 4.15. The highest BCUT2D eigenvalue weighted by Crippen LogP contribution is 2.19. The molecule has 1 aliphatic heterocycles. The molecular formula is C18H21N3O. The molecule has 1 saturated heterocycles. The Morgan fingerprint density at radius 3 is 2.73 bits per heavy atom. The number of amides is 1. The number of nitrogens with one attached hydrogen (secondary N) is 1. The normalized spacial score (nSPS) is 18.5. The van der Waals surface area contributed by atoms with E-state index in [1.54, 1.807) is 6.20 Å². The number of nitrogens with zero attached hydrogens (tertiary/aromatic N) is 2. The van der Waals surface area contributed by atoms with Crippen molar-refractivity contribution in [1.29, 1.82) is 0 Å². The SMILES string of the molecule is CCN1CCN[C@H](Cc2ccc(-c3cccnc3)cc2)C1=O. The Morgan fingerprint density at radius 1 is 1.23 bits per heavy atom. The highest BCUT2D eigenvalue weighted by Gasteiger charge is 2.27. The molecular weight excluding hydrogens is 274 g/mol. The summed E-state index contributed by atoms with van der Waals surface area (Å²) < 4.78 is 0. The predicted molar refractivity (Wildman–Crippen MR) is 87.4 cm³/mol. The van der Waals surface area contributed by atoms with Crippen molar-refractivity contribution in [2.24, 2.45) is 0 Å². The summed E-state index contributed by atoms with van der Waals surface area (Å²) in [5.41, 5.74) is 3.43. The van der Waals surface area contributed by atoms with Crippen LogP contribution in [0.1, 0.15) is 12.5 Å². The van der Waals surface area contributed by atoms with Gasteiger partial charge in [0.2, 0.25) is 5.91 Å². The molecule has 1 fully saturated rings. The minimum Gasteiger partial charge on any atom is -0.340 e. The second-order valence-electron chi connectivity index (χ2n) is 5.57. The molecule has 1 amide bonds. The first-order valence-corrected chi connectivity index (χ1v) is 7.79. The molecule has 2 heterocycles. The molecule has 4 heteroatoms. The van der Waals surface area contributed by atoms with E-state index in [4.69, 9.17) is 0 Å². The van der Waals surface area contributed by atoms with E-state index in [9.17, 15) is 4.79 Å². The first-order valence-electron chi connectivity index (χ1n) is 7.79. The maximum absolute atomic E-state index is 12.3. The summed E-state index contributed by atoms with van der Waals surface area (Å²) in [7, 11) is 0. The average molecular weight is 295 g/mol. The molecule has 1 N–H and O–H groups in total. The van der Waals surface area contributed by atoms with Crippen LogP contribution in [0.5, 0.6) is 0 Å². The first-order chi connectivity index (χ1) is 10.8. The largest absolute Gasteiger partial charge is 0.340 e. The van der Waals surface area contributed by atoms with Crippen LogP contribution in [0.15, 0.2) is 48.8 Å². The fraction of sp³-hybridized carbons (Fsp3) is 0.333. The number of hydrogen-bond acceptors (Lipinski definition) is 3. The number of pyridine rings is 1. The number of carbonyl (C=O) groups excluding carboxylic acids is 1. The fourth-order valence-corrected chi connectivity index (χ4v) is 2.87. The molecule has 0 unspecified atom stereocenters. The first kappa shape index (κ1) is 14.7. The lowest BCUT2D eigenvalue weighted by Gasteiger charge is -2.32. The van der Waals surface area contributed by atoms with Crippen LogP contribution in [-0.2, 0) is 11.2 Å². The molecule has 0 spiro atoms. The molecule has 0 radical (unpaired) electrons. The lowest BCUT2D eigenvalue weighted by atomic mass is 10.00. The minimum absolute atomic E-state index is 0.0991. The van der Waals surface area contributed by atoms with E-state index in [0.717, 1.165) is 37.2 Å². The van der Waals surface area contributed by atoms with Crippen LogP contribution in [0.2, 0.25) is 0 Å². The maximum atomic E-state index is 12.3. The zero-order valence-corrected chi connectivity index (χ0v) is 12.8. The topological polar surface area (TPSA) is 45.2 Å². The molecule has 114 valence electrons. The summed E-state index contributed by atoms with van der Waals surface area (Å²) in [5, 5.41) is 3.33. The van der Waals surface area contributed by atoms with Crippen molar-refractivity contribution in [1.82, 2.24) is 15.2 Å². The van der Waals surface area contributed by atoms with Gasteiger partial charge in [-0.05, 0) is 36.1 Å². The Kier molecular flexibility index (Phi) is 4.49. The Morgan fingerprint density at radius 2 is 2.05 bits per heavy atom. The van der Waals surface area contributed by atoms with Gasteiger partial charge in [0, 0.05) is 32.0 Å². The number of likely N-dealkylation sites (N-methyl/N-ethyl adjacent to an activating group) is 1. The summed E-state index contributed by atoms with van der Waals surface area (Å²) in [6.07, 6.45) is 4.38. The molecule has 2 aromatic rings. The summed E-state index contributed by atoms with van der Waals surface area (Å²) in [4.78, 5) is 18.4. The van der Waals surface area contributed by atoms with Gasteiger partial charge in [0.05, 0.1) is 6.04 Å². The number of carbonyl (C=O) groups is 1. The molecule has 22 heavy (non-hydrogen) atoms. The van der Waals surface area contributed by atoms with Gasteiger partial charge in [0.1, 0.15) is 0 Å². The lowest BCUT2D eigenvalue weighted by Crippen LogP contribution is -2.55. The lowest BCUT2D eigenvalue weighted by molar-refractivity contribution is -0.135. The van der Waals surface area contributed by atoms with Crippen LogP contribution < -0.4 is 5.32 Å². The summed E-state index contributed by atoms with van der Waals surface area (Å²) in [5.74, 6) is 0.213. The average Bonchev–Trinajstić information content (AvgIpc) is 2.58. The minimum atomic E-state index is -0.0991. The van der Waals surface area contributed by atoms with Crippen molar-refractivity contribution in [3.05, 3.63) is 54.4 Å². The zero-order valence-electron chi connectivity index (χ0n) is 12.8. The van der Waals surface area contributed by atoms with Crippen LogP contribution in [-0.4, -0.2) is 41.5 Å². The fourth-order valence-electron chi connectivity index (χ4n) is 2.87. The van der Waals surface area contributed by atoms with Crippen LogP contribution in [0.4, 0.5) is 0 Å². The van der Waals surface area contributed by atoms with E-state index in [1.807, 2.05) is 30.2 Å². The Balaban J connectivity index is 1.70. The molecule has 0 saturated carbocycles. The second-order valence-corrected chi connectivity index (χ2v) is 5.57. The van der Waals surface area contributed by atoms with Gasteiger partial charge in [-0.15, -0.1) is 0 Å². The van der Waals surface area contributed by atoms with Crippen LogP contribution in [0.3, 0.4) is 0 Å². The van der Waals surface area contributed by atoms with Crippen LogP contribution in [0, 0.1) is 0 Å². The van der Waals surface area contributed by atoms with Gasteiger partial charge in [-0.3, -0.25) is 9.78 Å². The molecule has 1 aromatic carbocycles. The number of aromatic nitrogens is 1. The smallest absolute Gasteiger partial charge is 0.240 e. The quantitative estimate of drug-likeness (QED) is 0.939. The van der Waals surface area contributed by atoms with Gasteiger partial charge in [-0.2, -0.15) is 0 Å². The third-order valence-corrected chi connectivity index (χ3v) is 4.15. The molecule has 1 atom stereocenters. The second kappa shape index (κ2) is 6.71. The van der Waals surface area contributed by atoms with Gasteiger partial charge in [0.25, 0.3) is 0 Å². The van der Waals surface area contributed by atoms with Gasteiger partial charge >= 0.3 is 0 Å². The summed E-state index contributed by atoms with van der Waals surface area (Å²) in [6.45, 7) is 4.50.